The second kappa shape index (κ2) is 5.53. The summed E-state index contributed by atoms with van der Waals surface area (Å²) in [4.78, 5) is 11.5. The molecule has 0 amide bonds. The van der Waals surface area contributed by atoms with Gasteiger partial charge < -0.3 is 9.47 Å². The van der Waals surface area contributed by atoms with E-state index in [1.165, 1.54) is 7.11 Å². The van der Waals surface area contributed by atoms with Gasteiger partial charge in [0.1, 0.15) is 5.75 Å². The molecule has 0 N–H and O–H groups in total. The van der Waals surface area contributed by atoms with E-state index in [0.29, 0.717) is 0 Å². The topological polar surface area (TPSA) is 35.5 Å². The largest absolute Gasteiger partial charge is 0.497 e. The minimum absolute atomic E-state index is 0.248. The Morgan fingerprint density at radius 2 is 1.76 bits per heavy atom. The molecule has 0 aromatic heterocycles. The van der Waals surface area contributed by atoms with Gasteiger partial charge in [-0.3, -0.25) is 4.79 Å². The lowest BCUT2D eigenvalue weighted by molar-refractivity contribution is -0.148. The van der Waals surface area contributed by atoms with Crippen molar-refractivity contribution in [2.24, 2.45) is 5.41 Å². The van der Waals surface area contributed by atoms with Gasteiger partial charge in [0.2, 0.25) is 0 Å². The standard InChI is InChI=1S/C14H18O3/c1-14(2,13(15)17-4)10-9-11-5-7-12(16-3)8-6-11/h5-10H,1-4H3/b10-9+. The first-order valence-corrected chi connectivity index (χ1v) is 5.41. The number of hydrogen-bond donors (Lipinski definition) is 0. The molecule has 0 aliphatic carbocycles. The molecule has 1 rings (SSSR count). The molecular weight excluding hydrogens is 216 g/mol. The van der Waals surface area contributed by atoms with E-state index >= 15 is 0 Å². The van der Waals surface area contributed by atoms with Crippen molar-refractivity contribution in [1.29, 1.82) is 0 Å². The van der Waals surface area contributed by atoms with Crippen molar-refractivity contribution in [2.75, 3.05) is 14.2 Å². The van der Waals surface area contributed by atoms with Gasteiger partial charge in [-0.1, -0.05) is 24.3 Å². The van der Waals surface area contributed by atoms with Gasteiger partial charge in [0.25, 0.3) is 0 Å². The van der Waals surface area contributed by atoms with Crippen molar-refractivity contribution < 1.29 is 14.3 Å². The normalized spacial score (nSPS) is 11.5. The van der Waals surface area contributed by atoms with Crippen molar-refractivity contribution in [3.8, 4) is 5.75 Å². The highest BCUT2D eigenvalue weighted by Crippen LogP contribution is 2.21. The van der Waals surface area contributed by atoms with E-state index in [1.807, 2.05) is 50.3 Å². The molecule has 0 aliphatic heterocycles. The fraction of sp³-hybridized carbons (Fsp3) is 0.357. The SMILES string of the molecule is COC(=O)C(C)(C)/C=C/c1ccc(OC)cc1. The number of carbonyl (C=O) groups excluding carboxylic acids is 1. The lowest BCUT2D eigenvalue weighted by atomic mass is 9.92. The van der Waals surface area contributed by atoms with Crippen LogP contribution in [0, 0.1) is 5.41 Å². The van der Waals surface area contributed by atoms with Crippen molar-refractivity contribution in [1.82, 2.24) is 0 Å². The van der Waals surface area contributed by atoms with E-state index in [-0.39, 0.29) is 5.97 Å². The fourth-order valence-electron chi connectivity index (χ4n) is 1.35. The number of benzene rings is 1. The fourth-order valence-corrected chi connectivity index (χ4v) is 1.35. The van der Waals surface area contributed by atoms with E-state index in [9.17, 15) is 4.79 Å². The van der Waals surface area contributed by atoms with Crippen LogP contribution in [-0.4, -0.2) is 20.2 Å². The van der Waals surface area contributed by atoms with Crippen molar-refractivity contribution in [3.63, 3.8) is 0 Å². The highest BCUT2D eigenvalue weighted by molar-refractivity contribution is 5.79. The van der Waals surface area contributed by atoms with Crippen molar-refractivity contribution in [2.45, 2.75) is 13.8 Å². The van der Waals surface area contributed by atoms with Gasteiger partial charge in [-0.25, -0.2) is 0 Å². The van der Waals surface area contributed by atoms with Crippen molar-refractivity contribution in [3.05, 3.63) is 35.9 Å². The molecule has 0 aliphatic rings. The van der Waals surface area contributed by atoms with Crippen LogP contribution in [0.4, 0.5) is 0 Å². The summed E-state index contributed by atoms with van der Waals surface area (Å²) in [5, 5.41) is 0. The Morgan fingerprint density at radius 1 is 1.18 bits per heavy atom. The van der Waals surface area contributed by atoms with Gasteiger partial charge in [-0.15, -0.1) is 0 Å². The van der Waals surface area contributed by atoms with Crippen LogP contribution in [0.25, 0.3) is 6.08 Å². The van der Waals surface area contributed by atoms with Crippen LogP contribution in [-0.2, 0) is 9.53 Å². The smallest absolute Gasteiger partial charge is 0.315 e. The molecule has 0 saturated carbocycles. The molecule has 1 aromatic rings. The highest BCUT2D eigenvalue weighted by atomic mass is 16.5. The number of carbonyl (C=O) groups is 1. The van der Waals surface area contributed by atoms with E-state index < -0.39 is 5.41 Å². The molecule has 3 nitrogen and oxygen atoms in total. The first-order valence-electron chi connectivity index (χ1n) is 5.41. The summed E-state index contributed by atoms with van der Waals surface area (Å²) >= 11 is 0. The molecule has 17 heavy (non-hydrogen) atoms. The third kappa shape index (κ3) is 3.63. The lowest BCUT2D eigenvalue weighted by Gasteiger charge is -2.16. The monoisotopic (exact) mass is 234 g/mol. The predicted molar refractivity (Wildman–Crippen MR) is 67.8 cm³/mol. The molecule has 3 heteroatoms. The summed E-state index contributed by atoms with van der Waals surface area (Å²) in [5.41, 5.74) is 0.400. The van der Waals surface area contributed by atoms with Crippen LogP contribution < -0.4 is 4.74 Å². The Balaban J connectivity index is 2.79. The zero-order chi connectivity index (χ0) is 12.9. The summed E-state index contributed by atoms with van der Waals surface area (Å²) < 4.78 is 9.80. The zero-order valence-electron chi connectivity index (χ0n) is 10.7. The van der Waals surface area contributed by atoms with Crippen molar-refractivity contribution >= 4 is 12.0 Å². The maximum absolute atomic E-state index is 11.5. The van der Waals surface area contributed by atoms with Crippen LogP contribution >= 0.6 is 0 Å². The number of methoxy groups -OCH3 is 2. The van der Waals surface area contributed by atoms with Crippen LogP contribution in [0.2, 0.25) is 0 Å². The zero-order valence-corrected chi connectivity index (χ0v) is 10.7. The number of rotatable bonds is 4. The molecule has 0 bridgehead atoms. The van der Waals surface area contributed by atoms with Gasteiger partial charge >= 0.3 is 5.97 Å². The predicted octanol–water partition coefficient (Wildman–Crippen LogP) is 2.91. The Hall–Kier alpha value is -1.77. The minimum Gasteiger partial charge on any atom is -0.497 e. The van der Waals surface area contributed by atoms with E-state index in [4.69, 9.17) is 9.47 Å². The minimum atomic E-state index is -0.616. The Bertz CT molecular complexity index is 402. The third-order valence-corrected chi connectivity index (χ3v) is 2.52. The summed E-state index contributed by atoms with van der Waals surface area (Å²) in [5.74, 6) is 0.566. The second-order valence-electron chi connectivity index (χ2n) is 4.32. The van der Waals surface area contributed by atoms with Gasteiger partial charge in [0.15, 0.2) is 0 Å². The third-order valence-electron chi connectivity index (χ3n) is 2.52. The molecule has 92 valence electrons. The number of esters is 1. The molecule has 0 saturated heterocycles. The molecule has 0 atom stereocenters. The first kappa shape index (κ1) is 13.3. The maximum atomic E-state index is 11.5. The molecular formula is C14H18O3. The van der Waals surface area contributed by atoms with Crippen LogP contribution in [0.3, 0.4) is 0 Å². The average Bonchev–Trinajstić information content (AvgIpc) is 2.36. The number of hydrogen-bond acceptors (Lipinski definition) is 3. The molecule has 1 aromatic carbocycles. The van der Waals surface area contributed by atoms with Gasteiger partial charge in [0.05, 0.1) is 19.6 Å². The Labute approximate surface area is 102 Å². The molecule has 0 spiro atoms. The quantitative estimate of drug-likeness (QED) is 0.751. The van der Waals surface area contributed by atoms with Gasteiger partial charge in [0, 0.05) is 0 Å². The summed E-state index contributed by atoms with van der Waals surface area (Å²) in [7, 11) is 3.02. The van der Waals surface area contributed by atoms with Crippen LogP contribution in [0.15, 0.2) is 30.3 Å². The summed E-state index contributed by atoms with van der Waals surface area (Å²) in [6.45, 7) is 3.64. The molecule has 0 radical (unpaired) electrons. The van der Waals surface area contributed by atoms with E-state index in [1.54, 1.807) is 7.11 Å². The maximum Gasteiger partial charge on any atom is 0.315 e. The summed E-state index contributed by atoms with van der Waals surface area (Å²) in [6, 6.07) is 7.63. The first-order chi connectivity index (χ1) is 7.99. The Kier molecular flexibility index (Phi) is 4.32. The molecule has 0 fully saturated rings. The average molecular weight is 234 g/mol. The lowest BCUT2D eigenvalue weighted by Crippen LogP contribution is -2.22. The number of ether oxygens (including phenoxy) is 2. The second-order valence-corrected chi connectivity index (χ2v) is 4.32. The van der Waals surface area contributed by atoms with E-state index in [0.717, 1.165) is 11.3 Å². The highest BCUT2D eigenvalue weighted by Gasteiger charge is 2.24. The molecule has 0 heterocycles. The molecule has 0 unspecified atom stereocenters. The van der Waals surface area contributed by atoms with Crippen LogP contribution in [0.5, 0.6) is 5.75 Å². The van der Waals surface area contributed by atoms with Gasteiger partial charge in [-0.05, 0) is 31.5 Å². The van der Waals surface area contributed by atoms with E-state index in [2.05, 4.69) is 0 Å². The Morgan fingerprint density at radius 3 is 2.24 bits per heavy atom. The van der Waals surface area contributed by atoms with Crippen LogP contribution in [0.1, 0.15) is 19.4 Å². The van der Waals surface area contributed by atoms with Gasteiger partial charge in [-0.2, -0.15) is 0 Å². The summed E-state index contributed by atoms with van der Waals surface area (Å²) in [6.07, 6.45) is 3.73.